The van der Waals surface area contributed by atoms with Crippen LogP contribution in [0.4, 0.5) is 4.39 Å². The van der Waals surface area contributed by atoms with E-state index in [-0.39, 0.29) is 23.7 Å². The first kappa shape index (κ1) is 12.9. The van der Waals surface area contributed by atoms with Crippen molar-refractivity contribution in [2.45, 2.75) is 6.61 Å². The maximum absolute atomic E-state index is 13.5. The van der Waals surface area contributed by atoms with Crippen molar-refractivity contribution in [1.82, 2.24) is 0 Å². The van der Waals surface area contributed by atoms with Crippen LogP contribution in [0.15, 0.2) is 42.5 Å². The van der Waals surface area contributed by atoms with E-state index < -0.39 is 11.8 Å². The summed E-state index contributed by atoms with van der Waals surface area (Å²) in [5.74, 6) is -1.79. The van der Waals surface area contributed by atoms with Crippen LogP contribution in [0.5, 0.6) is 11.5 Å². The highest BCUT2D eigenvalue weighted by molar-refractivity contribution is 5.87. The molecular formula is C14H11FO4. The highest BCUT2D eigenvalue weighted by Gasteiger charge is 2.09. The maximum Gasteiger partial charge on any atom is 0.335 e. The predicted octanol–water partition coefficient (Wildman–Crippen LogP) is 2.81. The van der Waals surface area contributed by atoms with Crippen LogP contribution in [0.3, 0.4) is 0 Å². The molecule has 0 saturated heterocycles. The van der Waals surface area contributed by atoms with Crippen molar-refractivity contribution < 1.29 is 24.1 Å². The second-order valence-electron chi connectivity index (χ2n) is 3.91. The molecule has 5 heteroatoms. The molecule has 2 rings (SSSR count). The van der Waals surface area contributed by atoms with Gasteiger partial charge in [-0.05, 0) is 35.9 Å². The molecule has 0 unspecified atom stereocenters. The van der Waals surface area contributed by atoms with Crippen LogP contribution >= 0.6 is 0 Å². The van der Waals surface area contributed by atoms with Gasteiger partial charge in [0.05, 0.1) is 5.56 Å². The number of phenols is 1. The number of phenolic OH excluding ortho intramolecular Hbond substituents is 1. The lowest BCUT2D eigenvalue weighted by molar-refractivity contribution is 0.0696. The zero-order chi connectivity index (χ0) is 13.8. The first-order chi connectivity index (χ1) is 9.06. The molecule has 0 aliphatic carbocycles. The molecule has 0 fully saturated rings. The molecule has 0 amide bonds. The molecule has 19 heavy (non-hydrogen) atoms. The average molecular weight is 262 g/mol. The minimum absolute atomic E-state index is 0.0157. The number of hydrogen-bond acceptors (Lipinski definition) is 3. The fourth-order valence-corrected chi connectivity index (χ4v) is 1.50. The van der Waals surface area contributed by atoms with E-state index in [1.807, 2.05) is 0 Å². The molecule has 2 N–H and O–H groups in total. The summed E-state index contributed by atoms with van der Waals surface area (Å²) in [6.45, 7) is 0.129. The van der Waals surface area contributed by atoms with E-state index in [0.717, 1.165) is 11.6 Å². The Hall–Kier alpha value is -2.56. The van der Waals surface area contributed by atoms with Crippen LogP contribution < -0.4 is 4.74 Å². The maximum atomic E-state index is 13.5. The number of aromatic hydroxyl groups is 1. The highest BCUT2D eigenvalue weighted by atomic mass is 19.1. The van der Waals surface area contributed by atoms with Crippen molar-refractivity contribution in [2.75, 3.05) is 0 Å². The number of benzene rings is 2. The Morgan fingerprint density at radius 3 is 2.42 bits per heavy atom. The van der Waals surface area contributed by atoms with Crippen LogP contribution in [0.25, 0.3) is 0 Å². The third kappa shape index (κ3) is 3.22. The van der Waals surface area contributed by atoms with E-state index in [4.69, 9.17) is 14.9 Å². The van der Waals surface area contributed by atoms with Crippen molar-refractivity contribution in [2.24, 2.45) is 0 Å². The minimum atomic E-state index is -1.19. The molecule has 2 aromatic rings. The van der Waals surface area contributed by atoms with Gasteiger partial charge in [0.15, 0.2) is 11.6 Å². The van der Waals surface area contributed by atoms with Gasteiger partial charge in [0, 0.05) is 0 Å². The van der Waals surface area contributed by atoms with Crippen LogP contribution in [-0.2, 0) is 6.61 Å². The lowest BCUT2D eigenvalue weighted by Gasteiger charge is -2.08. The van der Waals surface area contributed by atoms with Crippen molar-refractivity contribution in [3.05, 3.63) is 59.4 Å². The van der Waals surface area contributed by atoms with Gasteiger partial charge in [-0.25, -0.2) is 9.18 Å². The lowest BCUT2D eigenvalue weighted by Crippen LogP contribution is -2.00. The highest BCUT2D eigenvalue weighted by Crippen LogP contribution is 2.20. The van der Waals surface area contributed by atoms with Crippen LogP contribution in [-0.4, -0.2) is 16.2 Å². The number of rotatable bonds is 4. The number of carbonyl (C=O) groups is 1. The van der Waals surface area contributed by atoms with Crippen molar-refractivity contribution in [3.63, 3.8) is 0 Å². The van der Waals surface area contributed by atoms with E-state index in [2.05, 4.69) is 0 Å². The largest absolute Gasteiger partial charge is 0.508 e. The van der Waals surface area contributed by atoms with E-state index in [1.54, 1.807) is 12.1 Å². The summed E-state index contributed by atoms with van der Waals surface area (Å²) in [6, 6.07) is 9.77. The Morgan fingerprint density at radius 2 is 1.84 bits per heavy atom. The van der Waals surface area contributed by atoms with E-state index in [9.17, 15) is 9.18 Å². The second kappa shape index (κ2) is 5.39. The number of carboxylic acid groups (broad SMARTS) is 1. The molecule has 0 aromatic heterocycles. The summed E-state index contributed by atoms with van der Waals surface area (Å²) in [5.41, 5.74) is 0.633. The van der Waals surface area contributed by atoms with Crippen LogP contribution in [0.1, 0.15) is 15.9 Å². The average Bonchev–Trinajstić information content (AvgIpc) is 2.39. The van der Waals surface area contributed by atoms with Crippen LogP contribution in [0, 0.1) is 5.82 Å². The van der Waals surface area contributed by atoms with Gasteiger partial charge in [-0.3, -0.25) is 0 Å². The molecule has 0 bridgehead atoms. The fourth-order valence-electron chi connectivity index (χ4n) is 1.50. The number of aromatic carboxylic acids is 1. The Kier molecular flexibility index (Phi) is 3.66. The SMILES string of the molecule is O=C(O)c1ccc(OCc2ccc(O)cc2)c(F)c1. The molecule has 98 valence electrons. The summed E-state index contributed by atoms with van der Waals surface area (Å²) in [7, 11) is 0. The first-order valence-electron chi connectivity index (χ1n) is 5.50. The van der Waals surface area contributed by atoms with Crippen molar-refractivity contribution >= 4 is 5.97 Å². The van der Waals surface area contributed by atoms with Gasteiger partial charge in [0.2, 0.25) is 0 Å². The summed E-state index contributed by atoms with van der Waals surface area (Å²) in [6.07, 6.45) is 0. The Morgan fingerprint density at radius 1 is 1.16 bits per heavy atom. The molecule has 0 radical (unpaired) electrons. The van der Waals surface area contributed by atoms with E-state index >= 15 is 0 Å². The van der Waals surface area contributed by atoms with Gasteiger partial charge in [0.25, 0.3) is 0 Å². The van der Waals surface area contributed by atoms with Gasteiger partial charge in [-0.15, -0.1) is 0 Å². The topological polar surface area (TPSA) is 66.8 Å². The summed E-state index contributed by atoms with van der Waals surface area (Å²) in [4.78, 5) is 10.6. The molecule has 0 aliphatic heterocycles. The monoisotopic (exact) mass is 262 g/mol. The standard InChI is InChI=1S/C14H11FO4/c15-12-7-10(14(17)18)3-6-13(12)19-8-9-1-4-11(16)5-2-9/h1-7,16H,8H2,(H,17,18). The Bertz CT molecular complexity index is 593. The number of hydrogen-bond donors (Lipinski definition) is 2. The number of halogens is 1. The molecule has 4 nitrogen and oxygen atoms in total. The zero-order valence-electron chi connectivity index (χ0n) is 9.84. The van der Waals surface area contributed by atoms with Crippen molar-refractivity contribution in [3.8, 4) is 11.5 Å². The van der Waals surface area contributed by atoms with Crippen molar-refractivity contribution in [1.29, 1.82) is 0 Å². The summed E-state index contributed by atoms with van der Waals surface area (Å²) in [5, 5.41) is 17.8. The molecule has 0 spiro atoms. The minimum Gasteiger partial charge on any atom is -0.508 e. The van der Waals surface area contributed by atoms with Gasteiger partial charge >= 0.3 is 5.97 Å². The first-order valence-corrected chi connectivity index (χ1v) is 5.50. The number of ether oxygens (including phenoxy) is 1. The lowest BCUT2D eigenvalue weighted by atomic mass is 10.2. The number of carboxylic acids is 1. The fraction of sp³-hybridized carbons (Fsp3) is 0.0714. The smallest absolute Gasteiger partial charge is 0.335 e. The summed E-state index contributed by atoms with van der Waals surface area (Å²) >= 11 is 0. The quantitative estimate of drug-likeness (QED) is 0.889. The molecule has 0 aliphatic rings. The zero-order valence-corrected chi connectivity index (χ0v) is 9.84. The Labute approximate surface area is 108 Å². The van der Waals surface area contributed by atoms with Gasteiger partial charge in [0.1, 0.15) is 12.4 Å². The third-order valence-electron chi connectivity index (χ3n) is 2.51. The molecule has 2 aromatic carbocycles. The molecular weight excluding hydrogens is 251 g/mol. The van der Waals surface area contributed by atoms with Gasteiger partial charge < -0.3 is 14.9 Å². The normalized spacial score (nSPS) is 10.2. The molecule has 0 atom stereocenters. The summed E-state index contributed by atoms with van der Waals surface area (Å²) < 4.78 is 18.8. The van der Waals surface area contributed by atoms with Crippen LogP contribution in [0.2, 0.25) is 0 Å². The van der Waals surface area contributed by atoms with Gasteiger partial charge in [-0.1, -0.05) is 12.1 Å². The van der Waals surface area contributed by atoms with Gasteiger partial charge in [-0.2, -0.15) is 0 Å². The second-order valence-corrected chi connectivity index (χ2v) is 3.91. The Balaban J connectivity index is 2.07. The van der Waals surface area contributed by atoms with E-state index in [0.29, 0.717) is 0 Å². The van der Waals surface area contributed by atoms with E-state index in [1.165, 1.54) is 24.3 Å². The third-order valence-corrected chi connectivity index (χ3v) is 2.51. The molecule has 0 saturated carbocycles. The molecule has 0 heterocycles. The predicted molar refractivity (Wildman–Crippen MR) is 65.8 cm³/mol.